The van der Waals surface area contributed by atoms with Crippen LogP contribution >= 0.6 is 7.82 Å². The number of rotatable bonds is 49. The fourth-order valence-corrected chi connectivity index (χ4v) is 8.08. The Balaban J connectivity index is 3.82. The molecule has 0 aliphatic heterocycles. The molecular weight excluding hydrogens is 842 g/mol. The van der Waals surface area contributed by atoms with Crippen LogP contribution in [0, 0.1) is 0 Å². The van der Waals surface area contributed by atoms with Gasteiger partial charge >= 0.3 is 19.8 Å². The summed E-state index contributed by atoms with van der Waals surface area (Å²) in [6.07, 6.45) is 55.9. The smallest absolute Gasteiger partial charge is 0.472 e. The van der Waals surface area contributed by atoms with E-state index in [1.165, 1.54) is 148 Å². The van der Waals surface area contributed by atoms with Crippen LogP contribution < -0.4 is 5.32 Å². The van der Waals surface area contributed by atoms with Crippen LogP contribution in [-0.4, -0.2) is 64.9 Å². The molecule has 0 bridgehead atoms. The van der Waals surface area contributed by atoms with Crippen LogP contribution in [0.15, 0.2) is 48.6 Å². The maximum Gasteiger partial charge on any atom is 0.472 e. The molecule has 0 spiro atoms. The van der Waals surface area contributed by atoms with Crippen LogP contribution in [0.4, 0.5) is 0 Å². The lowest BCUT2D eigenvalue weighted by molar-refractivity contribution is -0.147. The zero-order valence-electron chi connectivity index (χ0n) is 41.3. The molecule has 65 heavy (non-hydrogen) atoms. The predicted octanol–water partition coefficient (Wildman–Crippen LogP) is 14.5. The first kappa shape index (κ1) is 62.4. The number of phosphoric ester groups is 1. The van der Waals surface area contributed by atoms with Gasteiger partial charge in [-0.25, -0.2) is 9.36 Å². The second-order valence-electron chi connectivity index (χ2n) is 17.7. The maximum absolute atomic E-state index is 12.3. The Labute approximate surface area is 396 Å². The maximum atomic E-state index is 12.3. The first-order valence-electron chi connectivity index (χ1n) is 26.2. The number of ether oxygens (including phenoxy) is 1. The summed E-state index contributed by atoms with van der Waals surface area (Å²) >= 11 is 0. The molecule has 0 radical (unpaired) electrons. The first-order chi connectivity index (χ1) is 31.6. The summed E-state index contributed by atoms with van der Waals surface area (Å²) in [5, 5.41) is 21.9. The van der Waals surface area contributed by atoms with Crippen molar-refractivity contribution in [1.82, 2.24) is 5.32 Å². The number of phosphoric acid groups is 1. The number of carbonyl (C=O) groups excluding carboxylic acids is 2. The zero-order chi connectivity index (χ0) is 47.7. The Hall–Kier alpha value is -2.56. The van der Waals surface area contributed by atoms with Crippen molar-refractivity contribution >= 4 is 25.7 Å². The van der Waals surface area contributed by atoms with Gasteiger partial charge < -0.3 is 25.2 Å². The average molecular weight is 938 g/mol. The minimum Gasteiger partial charge on any atom is -0.480 e. The Morgan fingerprint density at radius 2 is 0.862 bits per heavy atom. The summed E-state index contributed by atoms with van der Waals surface area (Å²) in [5.41, 5.74) is 0. The van der Waals surface area contributed by atoms with E-state index in [2.05, 4.69) is 55.6 Å². The predicted molar refractivity (Wildman–Crippen MR) is 268 cm³/mol. The van der Waals surface area contributed by atoms with Gasteiger partial charge in [0, 0.05) is 12.8 Å². The van der Waals surface area contributed by atoms with Crippen molar-refractivity contribution in [3.05, 3.63) is 48.6 Å². The Morgan fingerprint density at radius 1 is 0.492 bits per heavy atom. The quantitative estimate of drug-likeness (QED) is 0.0199. The zero-order valence-corrected chi connectivity index (χ0v) is 42.2. The number of carboxylic acids is 1. The summed E-state index contributed by atoms with van der Waals surface area (Å²) in [4.78, 5) is 46.1. The van der Waals surface area contributed by atoms with E-state index in [0.29, 0.717) is 19.3 Å². The molecule has 0 aliphatic carbocycles. The van der Waals surface area contributed by atoms with E-state index in [1.54, 1.807) is 0 Å². The molecule has 12 heteroatoms. The average Bonchev–Trinajstić information content (AvgIpc) is 3.28. The first-order valence-corrected chi connectivity index (χ1v) is 27.7. The number of esters is 1. The van der Waals surface area contributed by atoms with E-state index < -0.39 is 57.6 Å². The van der Waals surface area contributed by atoms with Crippen molar-refractivity contribution in [2.24, 2.45) is 0 Å². The molecule has 1 amide bonds. The second-order valence-corrected chi connectivity index (χ2v) is 19.2. The monoisotopic (exact) mass is 938 g/mol. The number of hydrogen-bond donors (Lipinski definition) is 4. The highest BCUT2D eigenvalue weighted by Gasteiger charge is 2.28. The number of aliphatic hydroxyl groups excluding tert-OH is 1. The number of aliphatic hydroxyl groups is 1. The number of amides is 1. The molecule has 378 valence electrons. The molecule has 11 nitrogen and oxygen atoms in total. The van der Waals surface area contributed by atoms with Gasteiger partial charge in [0.15, 0.2) is 6.04 Å². The normalized spacial score (nSPS) is 13.9. The fraction of sp³-hybridized carbons (Fsp3) is 0.792. The molecule has 0 rings (SSSR count). The third-order valence-corrected chi connectivity index (χ3v) is 12.3. The van der Waals surface area contributed by atoms with Crippen LogP contribution in [0.5, 0.6) is 0 Å². The number of carbonyl (C=O) groups is 3. The van der Waals surface area contributed by atoms with E-state index in [-0.39, 0.29) is 12.8 Å². The van der Waals surface area contributed by atoms with Gasteiger partial charge in [-0.3, -0.25) is 18.6 Å². The third-order valence-electron chi connectivity index (χ3n) is 11.4. The molecule has 0 aromatic heterocycles. The summed E-state index contributed by atoms with van der Waals surface area (Å²) in [6, 6.07) is -1.58. The highest BCUT2D eigenvalue weighted by atomic mass is 31.2. The fourth-order valence-electron chi connectivity index (χ4n) is 7.31. The number of aliphatic carboxylic acids is 1. The Morgan fingerprint density at radius 3 is 1.29 bits per heavy atom. The van der Waals surface area contributed by atoms with Crippen LogP contribution in [0.1, 0.15) is 239 Å². The third kappa shape index (κ3) is 47.7. The largest absolute Gasteiger partial charge is 0.480 e. The molecule has 0 heterocycles. The van der Waals surface area contributed by atoms with Crippen molar-refractivity contribution in [3.63, 3.8) is 0 Å². The van der Waals surface area contributed by atoms with Crippen LogP contribution in [0.2, 0.25) is 0 Å². The Bertz CT molecular complexity index is 1280. The second kappa shape index (κ2) is 47.9. The van der Waals surface area contributed by atoms with Crippen molar-refractivity contribution in [3.8, 4) is 0 Å². The highest BCUT2D eigenvalue weighted by molar-refractivity contribution is 7.47. The van der Waals surface area contributed by atoms with Crippen molar-refractivity contribution in [2.75, 3.05) is 19.8 Å². The van der Waals surface area contributed by atoms with E-state index in [4.69, 9.17) is 13.8 Å². The van der Waals surface area contributed by atoms with Crippen LogP contribution in [0.3, 0.4) is 0 Å². The van der Waals surface area contributed by atoms with E-state index in [1.807, 2.05) is 12.2 Å². The van der Waals surface area contributed by atoms with Gasteiger partial charge in [0.25, 0.3) is 0 Å². The molecule has 0 aromatic rings. The number of allylic oxidation sites excluding steroid dienone is 8. The van der Waals surface area contributed by atoms with E-state index in [9.17, 15) is 34.1 Å². The topological polar surface area (TPSA) is 169 Å². The molecule has 0 saturated carbocycles. The summed E-state index contributed by atoms with van der Waals surface area (Å²) in [5.74, 6) is -2.44. The van der Waals surface area contributed by atoms with Gasteiger partial charge in [-0.05, 0) is 51.4 Å². The van der Waals surface area contributed by atoms with Gasteiger partial charge in [0.1, 0.15) is 12.7 Å². The molecule has 0 fully saturated rings. The lowest BCUT2D eigenvalue weighted by atomic mass is 10.0. The summed E-state index contributed by atoms with van der Waals surface area (Å²) in [6.45, 7) is 2.56. The lowest BCUT2D eigenvalue weighted by Crippen LogP contribution is -2.43. The molecule has 0 saturated heterocycles. The van der Waals surface area contributed by atoms with Gasteiger partial charge in [0.05, 0.1) is 13.2 Å². The van der Waals surface area contributed by atoms with Crippen molar-refractivity contribution in [2.45, 2.75) is 251 Å². The lowest BCUT2D eigenvalue weighted by Gasteiger charge is -2.18. The number of unbranched alkanes of at least 4 members (excludes halogenated alkanes) is 27. The molecular formula is C53H96NO10P. The van der Waals surface area contributed by atoms with E-state index in [0.717, 1.165) is 44.9 Å². The van der Waals surface area contributed by atoms with Gasteiger partial charge in [0.2, 0.25) is 5.91 Å². The molecule has 0 aliphatic rings. The minimum absolute atomic E-state index is 0.0691. The SMILES string of the molecule is CCCCC/C=C\C/C=C\C/C=C\C/C=C\CCCC(=O)NC(COP(=O)(O)OCC(O)COC(=O)CCCCCCCCCCCCCCCCCCCCCCCCCC)C(=O)O. The highest BCUT2D eigenvalue weighted by Crippen LogP contribution is 2.43. The standard InChI is InChI=1S/C53H96NO10P/c1-3-5-7-9-11-13-15-17-19-21-22-23-24-25-26-27-29-31-33-35-37-39-41-43-45-52(57)62-46-49(55)47-63-65(60,61)64-48-50(53(58)59)54-51(56)44-42-40-38-36-34-32-30-28-20-18-16-14-12-10-8-6-4-2/h12,14,18,20,30,32,36,38,49-50,55H,3-11,13,15-17,19,21-29,31,33-35,37,39-48H2,1-2H3,(H,54,56)(H,58,59)(H,60,61)/b14-12-,20-18-,32-30-,38-36-. The van der Waals surface area contributed by atoms with Gasteiger partial charge in [-0.1, -0.05) is 223 Å². The number of nitrogens with one attached hydrogen (secondary N) is 1. The van der Waals surface area contributed by atoms with Crippen LogP contribution in [-0.2, 0) is 32.7 Å². The molecule has 4 N–H and O–H groups in total. The van der Waals surface area contributed by atoms with Crippen LogP contribution in [0.25, 0.3) is 0 Å². The van der Waals surface area contributed by atoms with Gasteiger partial charge in [-0.2, -0.15) is 0 Å². The Kier molecular flexibility index (Phi) is 46.0. The summed E-state index contributed by atoms with van der Waals surface area (Å²) < 4.78 is 26.9. The summed E-state index contributed by atoms with van der Waals surface area (Å²) in [7, 11) is -4.78. The van der Waals surface area contributed by atoms with E-state index >= 15 is 0 Å². The molecule has 0 aromatic carbocycles. The number of carboxylic acid groups (broad SMARTS) is 1. The molecule has 3 unspecified atom stereocenters. The number of hydrogen-bond acceptors (Lipinski definition) is 8. The minimum atomic E-state index is -4.78. The molecule has 3 atom stereocenters. The van der Waals surface area contributed by atoms with Crippen molar-refractivity contribution < 1.29 is 47.8 Å². The van der Waals surface area contributed by atoms with Gasteiger partial charge in [-0.15, -0.1) is 0 Å². The van der Waals surface area contributed by atoms with Crippen molar-refractivity contribution in [1.29, 1.82) is 0 Å².